The molecule has 72 valence electrons. The van der Waals surface area contributed by atoms with Crippen molar-refractivity contribution in [1.82, 2.24) is 0 Å². The van der Waals surface area contributed by atoms with Gasteiger partial charge in [-0.3, -0.25) is 4.23 Å². The average molecular weight is 195 g/mol. The molecule has 13 heavy (non-hydrogen) atoms. The van der Waals surface area contributed by atoms with Crippen LogP contribution in [0.15, 0.2) is 24.5 Å². The Labute approximate surface area is 81.9 Å². The number of aromatic nitrogens is 1. The van der Waals surface area contributed by atoms with Crippen LogP contribution in [0.3, 0.4) is 0 Å². The third-order valence-corrected chi connectivity index (χ3v) is 3.95. The zero-order valence-electron chi connectivity index (χ0n) is 9.20. The molecular weight excluding hydrogens is 176 g/mol. The van der Waals surface area contributed by atoms with Gasteiger partial charge >= 0.3 is 8.24 Å². The summed E-state index contributed by atoms with van der Waals surface area (Å²) in [7, 11) is 2.93. The lowest BCUT2D eigenvalue weighted by Crippen LogP contribution is -2.57. The van der Waals surface area contributed by atoms with Gasteiger partial charge in [-0.05, 0) is 19.6 Å². The minimum atomic E-state index is -1.19. The summed E-state index contributed by atoms with van der Waals surface area (Å²) in [5.74, 6) is 0. The van der Waals surface area contributed by atoms with Gasteiger partial charge in [-0.25, -0.2) is 0 Å². The van der Waals surface area contributed by atoms with Gasteiger partial charge in [0, 0.05) is 31.9 Å². The lowest BCUT2D eigenvalue weighted by Gasteiger charge is -2.13. The molecule has 2 nitrogen and oxygen atoms in total. The topological polar surface area (TPSA) is 7.12 Å². The van der Waals surface area contributed by atoms with E-state index in [0.29, 0.717) is 0 Å². The molecule has 3 heteroatoms. The molecule has 0 radical (unpaired) electrons. The molecule has 0 saturated carbocycles. The molecule has 0 spiro atoms. The number of nitrogens with zero attached hydrogens (tertiary/aromatic N) is 2. The van der Waals surface area contributed by atoms with Gasteiger partial charge in [0.2, 0.25) is 0 Å². The van der Waals surface area contributed by atoms with E-state index in [1.54, 1.807) is 0 Å². The van der Waals surface area contributed by atoms with Gasteiger partial charge in [0.25, 0.3) is 0 Å². The van der Waals surface area contributed by atoms with E-state index in [-0.39, 0.29) is 0 Å². The lowest BCUT2D eigenvalue weighted by atomic mass is 10.4. The molecule has 0 amide bonds. The van der Waals surface area contributed by atoms with Crippen molar-refractivity contribution in [2.24, 2.45) is 0 Å². The third kappa shape index (κ3) is 2.55. The molecular formula is C10H19N2Si+. The summed E-state index contributed by atoms with van der Waals surface area (Å²) in [5.41, 5.74) is 1.26. The van der Waals surface area contributed by atoms with Gasteiger partial charge in [-0.15, -0.1) is 0 Å². The first-order chi connectivity index (χ1) is 5.91. The van der Waals surface area contributed by atoms with E-state index in [0.717, 1.165) is 0 Å². The van der Waals surface area contributed by atoms with Crippen LogP contribution in [0.25, 0.3) is 0 Å². The molecule has 0 atom stereocenters. The van der Waals surface area contributed by atoms with Crippen molar-refractivity contribution in [2.75, 3.05) is 19.0 Å². The highest BCUT2D eigenvalue weighted by Crippen LogP contribution is 2.07. The Kier molecular flexibility index (Phi) is 2.76. The SMILES string of the molecule is CN(C)c1cc[n+]([Si](C)(C)C)cc1. The summed E-state index contributed by atoms with van der Waals surface area (Å²) < 4.78 is 2.35. The molecule has 0 unspecified atom stereocenters. The highest BCUT2D eigenvalue weighted by Gasteiger charge is 2.26. The Morgan fingerprint density at radius 3 is 1.85 bits per heavy atom. The Morgan fingerprint density at radius 1 is 1.08 bits per heavy atom. The summed E-state index contributed by atoms with van der Waals surface area (Å²) in [6.07, 6.45) is 4.36. The maximum absolute atomic E-state index is 2.35. The first-order valence-corrected chi connectivity index (χ1v) is 8.05. The number of hydrogen-bond acceptors (Lipinski definition) is 1. The fraction of sp³-hybridized carbons (Fsp3) is 0.500. The summed E-state index contributed by atoms with van der Waals surface area (Å²) in [6, 6.07) is 4.33. The van der Waals surface area contributed by atoms with Crippen LogP contribution in [-0.4, -0.2) is 22.3 Å². The van der Waals surface area contributed by atoms with Gasteiger partial charge in [0.1, 0.15) is 12.4 Å². The zero-order chi connectivity index (χ0) is 10.1. The largest absolute Gasteiger partial charge is 0.377 e. The maximum atomic E-state index is 2.35. The number of hydrogen-bond donors (Lipinski definition) is 0. The van der Waals surface area contributed by atoms with Gasteiger partial charge in [-0.2, -0.15) is 0 Å². The van der Waals surface area contributed by atoms with Gasteiger partial charge in [0.05, 0.1) is 0 Å². The predicted molar refractivity (Wildman–Crippen MR) is 59.7 cm³/mol. The smallest absolute Gasteiger partial charge is 0.354 e. The van der Waals surface area contributed by atoms with E-state index in [1.807, 2.05) is 0 Å². The van der Waals surface area contributed by atoms with E-state index in [4.69, 9.17) is 0 Å². The van der Waals surface area contributed by atoms with Gasteiger partial charge in [-0.1, -0.05) is 0 Å². The minimum Gasteiger partial charge on any atom is -0.377 e. The Balaban J connectivity index is 2.94. The molecule has 0 aliphatic rings. The number of pyridine rings is 1. The highest BCUT2D eigenvalue weighted by molar-refractivity contribution is 6.67. The first-order valence-electron chi connectivity index (χ1n) is 4.60. The summed E-state index contributed by atoms with van der Waals surface area (Å²) in [5, 5.41) is 0. The van der Waals surface area contributed by atoms with Gasteiger partial charge < -0.3 is 4.90 Å². The molecule has 1 aromatic heterocycles. The molecule has 0 N–H and O–H groups in total. The second-order valence-electron chi connectivity index (χ2n) is 4.53. The van der Waals surface area contributed by atoms with Crippen LogP contribution >= 0.6 is 0 Å². The first kappa shape index (κ1) is 10.2. The quantitative estimate of drug-likeness (QED) is 0.652. The normalized spacial score (nSPS) is 11.5. The van der Waals surface area contributed by atoms with Crippen LogP contribution in [0.2, 0.25) is 19.6 Å². The predicted octanol–water partition coefficient (Wildman–Crippen LogP) is 1.72. The Hall–Kier alpha value is -0.833. The van der Waals surface area contributed by atoms with Crippen molar-refractivity contribution in [1.29, 1.82) is 0 Å². The Morgan fingerprint density at radius 2 is 1.54 bits per heavy atom. The minimum absolute atomic E-state index is 1.19. The standard InChI is InChI=1S/C10H19N2Si/c1-11(2)10-6-8-12(9-7-10)13(3,4)5/h6-9H,1-5H3/q+1. The molecule has 0 aliphatic carbocycles. The van der Waals surface area contributed by atoms with Crippen LogP contribution in [0, 0.1) is 0 Å². The molecule has 1 heterocycles. The van der Waals surface area contributed by atoms with Crippen molar-refractivity contribution in [2.45, 2.75) is 19.6 Å². The summed E-state index contributed by atoms with van der Waals surface area (Å²) in [6.45, 7) is 7.01. The molecule has 0 saturated heterocycles. The van der Waals surface area contributed by atoms with Crippen molar-refractivity contribution in [3.63, 3.8) is 0 Å². The monoisotopic (exact) mass is 195 g/mol. The summed E-state index contributed by atoms with van der Waals surface area (Å²) >= 11 is 0. The van der Waals surface area contributed by atoms with E-state index in [1.165, 1.54) is 5.69 Å². The van der Waals surface area contributed by atoms with E-state index in [9.17, 15) is 0 Å². The highest BCUT2D eigenvalue weighted by atomic mass is 28.3. The second kappa shape index (κ2) is 3.50. The second-order valence-corrected chi connectivity index (χ2v) is 9.39. The van der Waals surface area contributed by atoms with Crippen LogP contribution in [0.4, 0.5) is 5.69 Å². The Bertz CT molecular complexity index is 272. The molecule has 0 fully saturated rings. The lowest BCUT2D eigenvalue weighted by molar-refractivity contribution is -0.545. The van der Waals surface area contributed by atoms with E-state index >= 15 is 0 Å². The van der Waals surface area contributed by atoms with E-state index in [2.05, 4.69) is 67.4 Å². The molecule has 0 aromatic carbocycles. The van der Waals surface area contributed by atoms with Crippen molar-refractivity contribution < 1.29 is 4.23 Å². The average Bonchev–Trinajstić information content (AvgIpc) is 2.03. The fourth-order valence-electron chi connectivity index (χ4n) is 1.16. The number of rotatable bonds is 2. The fourth-order valence-corrected chi connectivity index (χ4v) is 2.21. The van der Waals surface area contributed by atoms with Crippen LogP contribution in [0.5, 0.6) is 0 Å². The summed E-state index contributed by atoms with van der Waals surface area (Å²) in [4.78, 5) is 2.12. The van der Waals surface area contributed by atoms with Crippen LogP contribution in [0.1, 0.15) is 0 Å². The van der Waals surface area contributed by atoms with E-state index < -0.39 is 8.24 Å². The molecule has 0 aliphatic heterocycles. The third-order valence-electron chi connectivity index (χ3n) is 2.10. The van der Waals surface area contributed by atoms with Crippen LogP contribution in [-0.2, 0) is 0 Å². The zero-order valence-corrected chi connectivity index (χ0v) is 10.2. The van der Waals surface area contributed by atoms with Crippen molar-refractivity contribution >= 4 is 13.9 Å². The van der Waals surface area contributed by atoms with Gasteiger partial charge in [0.15, 0.2) is 0 Å². The molecule has 0 bridgehead atoms. The maximum Gasteiger partial charge on any atom is 0.354 e. The van der Waals surface area contributed by atoms with Crippen molar-refractivity contribution in [3.05, 3.63) is 24.5 Å². The van der Waals surface area contributed by atoms with Crippen molar-refractivity contribution in [3.8, 4) is 0 Å². The molecule has 1 rings (SSSR count). The molecule has 1 aromatic rings. The van der Waals surface area contributed by atoms with Crippen LogP contribution < -0.4 is 9.13 Å². The number of anilines is 1.